The second-order valence-electron chi connectivity index (χ2n) is 14.1. The molecule has 0 unspecified atom stereocenters. The highest BCUT2D eigenvalue weighted by Gasteiger charge is 2.32. The molecule has 49 heavy (non-hydrogen) atoms. The number of nitro groups is 1. The molecule has 0 amide bonds. The van der Waals surface area contributed by atoms with E-state index in [1.807, 2.05) is 0 Å². The number of nitro benzene ring substituents is 1. The fraction of sp³-hybridized carbons (Fsp3) is 0.632. The molecule has 2 aliphatic rings. The topological polar surface area (TPSA) is 166 Å². The van der Waals surface area contributed by atoms with Gasteiger partial charge in [0.1, 0.15) is 24.0 Å². The number of hydrogen-bond donors (Lipinski definition) is 1. The first-order chi connectivity index (χ1) is 23.3. The number of esters is 3. The first kappa shape index (κ1) is 39.4. The lowest BCUT2D eigenvalue weighted by molar-refractivity contribution is -0.385. The monoisotopic (exact) mass is 680 g/mol. The van der Waals surface area contributed by atoms with Gasteiger partial charge in [-0.05, 0) is 89.2 Å². The molecule has 3 rings (SSSR count). The number of aliphatic hydroxyl groups is 1. The Hall–Kier alpha value is -4.04. The molecule has 1 N–H and O–H groups in total. The molecule has 11 nitrogen and oxygen atoms in total. The Morgan fingerprint density at radius 2 is 1.43 bits per heavy atom. The van der Waals surface area contributed by atoms with Crippen molar-refractivity contribution in [3.8, 4) is 17.6 Å². The summed E-state index contributed by atoms with van der Waals surface area (Å²) >= 11 is 0. The highest BCUT2D eigenvalue weighted by molar-refractivity contribution is 5.93. The van der Waals surface area contributed by atoms with E-state index in [2.05, 4.69) is 13.8 Å². The molecule has 1 aromatic carbocycles. The molecule has 2 fully saturated rings. The van der Waals surface area contributed by atoms with Crippen LogP contribution in [0.5, 0.6) is 11.5 Å². The van der Waals surface area contributed by atoms with Crippen molar-refractivity contribution in [2.45, 2.75) is 123 Å². The van der Waals surface area contributed by atoms with Crippen LogP contribution in [0.15, 0.2) is 29.9 Å². The van der Waals surface area contributed by atoms with E-state index in [9.17, 15) is 34.9 Å². The Morgan fingerprint density at radius 1 is 0.918 bits per heavy atom. The van der Waals surface area contributed by atoms with Crippen molar-refractivity contribution in [3.05, 3.63) is 45.5 Å². The second-order valence-corrected chi connectivity index (χ2v) is 14.1. The van der Waals surface area contributed by atoms with Crippen LogP contribution in [0.4, 0.5) is 5.69 Å². The third-order valence-corrected chi connectivity index (χ3v) is 9.44. The lowest BCUT2D eigenvalue weighted by Gasteiger charge is -2.27. The van der Waals surface area contributed by atoms with Crippen molar-refractivity contribution >= 4 is 29.7 Å². The highest BCUT2D eigenvalue weighted by Crippen LogP contribution is 2.39. The van der Waals surface area contributed by atoms with Gasteiger partial charge < -0.3 is 19.3 Å². The van der Waals surface area contributed by atoms with E-state index >= 15 is 0 Å². The molecule has 2 saturated carbocycles. The molecule has 0 radical (unpaired) electrons. The number of nitriles is 1. The van der Waals surface area contributed by atoms with E-state index in [0.717, 1.165) is 70.3 Å². The minimum Gasteiger partial charge on any atom is -0.459 e. The molecule has 0 aromatic heterocycles. The molecular formula is C38H52N2O9. The third-order valence-electron chi connectivity index (χ3n) is 9.44. The molecule has 0 spiro atoms. The number of carbonyl (C=O) groups excluding carboxylic acids is 3. The van der Waals surface area contributed by atoms with Gasteiger partial charge in [-0.2, -0.15) is 5.26 Å². The normalized spacial score (nSPS) is 21.5. The van der Waals surface area contributed by atoms with Crippen LogP contribution in [-0.4, -0.2) is 40.1 Å². The van der Waals surface area contributed by atoms with Gasteiger partial charge in [0.15, 0.2) is 0 Å². The number of rotatable bonds is 16. The van der Waals surface area contributed by atoms with Gasteiger partial charge in [-0.1, -0.05) is 64.5 Å². The number of carbonyl (C=O) groups is 3. The van der Waals surface area contributed by atoms with Gasteiger partial charge in [0.05, 0.1) is 28.4 Å². The summed E-state index contributed by atoms with van der Waals surface area (Å²) in [5.74, 6) is -1.97. The Balaban J connectivity index is 1.88. The highest BCUT2D eigenvalue weighted by atomic mass is 16.6. The predicted molar refractivity (Wildman–Crippen MR) is 184 cm³/mol. The SMILES string of the molecule is CCCCC1CCC(C(=O)Oc2cc([N+](=O)[O-])c(OC(=O)C3CCC(CCCC)CC3)cc2C=CC=C(C#N)C(=O)OCC(C)(C)O)CC1. The van der Waals surface area contributed by atoms with Crippen LogP contribution in [0, 0.1) is 45.1 Å². The van der Waals surface area contributed by atoms with Crippen molar-refractivity contribution in [1.29, 1.82) is 5.26 Å². The molecule has 0 atom stereocenters. The summed E-state index contributed by atoms with van der Waals surface area (Å²) in [6.45, 7) is 6.88. The zero-order chi connectivity index (χ0) is 36.0. The van der Waals surface area contributed by atoms with Gasteiger partial charge in [-0.3, -0.25) is 19.7 Å². The molecule has 0 bridgehead atoms. The summed E-state index contributed by atoms with van der Waals surface area (Å²) in [7, 11) is 0. The van der Waals surface area contributed by atoms with E-state index in [1.165, 1.54) is 38.1 Å². The van der Waals surface area contributed by atoms with Crippen LogP contribution in [0.1, 0.15) is 123 Å². The first-order valence-corrected chi connectivity index (χ1v) is 17.8. The minimum atomic E-state index is -1.29. The van der Waals surface area contributed by atoms with Crippen LogP contribution in [0.3, 0.4) is 0 Å². The van der Waals surface area contributed by atoms with Crippen LogP contribution < -0.4 is 9.47 Å². The number of nitrogens with zero attached hydrogens (tertiary/aromatic N) is 2. The molecular weight excluding hydrogens is 628 g/mol. The maximum atomic E-state index is 13.3. The quantitative estimate of drug-likeness (QED) is 0.0342. The standard InChI is InChI=1S/C38H52N2O9/c1-5-7-10-26-14-18-28(19-15-26)36(42)48-33-23-32(40(45)46)34(49-37(43)29-20-16-27(17-21-29)11-8-6-2)22-30(33)12-9-13-31(24-39)35(41)47-25-38(3,4)44/h9,12-13,22-23,26-29,44H,5-8,10-11,14-21,25H2,1-4H3. The van der Waals surface area contributed by atoms with Crippen LogP contribution in [0.2, 0.25) is 0 Å². The number of allylic oxidation sites excluding steroid dienone is 2. The Labute approximate surface area is 289 Å². The molecule has 0 saturated heterocycles. The largest absolute Gasteiger partial charge is 0.459 e. The fourth-order valence-corrected chi connectivity index (χ4v) is 6.47. The summed E-state index contributed by atoms with van der Waals surface area (Å²) < 4.78 is 16.4. The average Bonchev–Trinajstić information content (AvgIpc) is 3.08. The van der Waals surface area contributed by atoms with Crippen LogP contribution in [-0.2, 0) is 19.1 Å². The number of benzene rings is 1. The van der Waals surface area contributed by atoms with Crippen LogP contribution >= 0.6 is 0 Å². The fourth-order valence-electron chi connectivity index (χ4n) is 6.47. The van der Waals surface area contributed by atoms with E-state index in [1.54, 1.807) is 6.07 Å². The predicted octanol–water partition coefficient (Wildman–Crippen LogP) is 8.18. The van der Waals surface area contributed by atoms with E-state index in [0.29, 0.717) is 37.5 Å². The number of unbranched alkanes of at least 4 members (excludes halogenated alkanes) is 2. The molecule has 11 heteroatoms. The third kappa shape index (κ3) is 12.7. The summed E-state index contributed by atoms with van der Waals surface area (Å²) in [5, 5.41) is 31.5. The molecule has 0 aliphatic heterocycles. The minimum absolute atomic E-state index is 0.103. The summed E-state index contributed by atoms with van der Waals surface area (Å²) in [5.41, 5.74) is -1.99. The van der Waals surface area contributed by atoms with Crippen molar-refractivity contribution in [2.24, 2.45) is 23.7 Å². The molecule has 2 aliphatic carbocycles. The van der Waals surface area contributed by atoms with Crippen molar-refractivity contribution in [2.75, 3.05) is 6.61 Å². The van der Waals surface area contributed by atoms with Gasteiger partial charge in [-0.15, -0.1) is 0 Å². The van der Waals surface area contributed by atoms with Gasteiger partial charge >= 0.3 is 23.6 Å². The van der Waals surface area contributed by atoms with Gasteiger partial charge in [-0.25, -0.2) is 4.79 Å². The molecule has 1 aromatic rings. The van der Waals surface area contributed by atoms with Crippen LogP contribution in [0.25, 0.3) is 6.08 Å². The van der Waals surface area contributed by atoms with Gasteiger partial charge in [0.2, 0.25) is 5.75 Å². The summed E-state index contributed by atoms with van der Waals surface area (Å²) in [6, 6.07) is 4.11. The van der Waals surface area contributed by atoms with Gasteiger partial charge in [0, 0.05) is 5.56 Å². The maximum absolute atomic E-state index is 13.3. The van der Waals surface area contributed by atoms with Gasteiger partial charge in [0.25, 0.3) is 0 Å². The van der Waals surface area contributed by atoms with Crippen molar-refractivity contribution in [3.63, 3.8) is 0 Å². The first-order valence-electron chi connectivity index (χ1n) is 17.8. The lowest BCUT2D eigenvalue weighted by Crippen LogP contribution is -2.28. The Bertz CT molecular complexity index is 1400. The lowest BCUT2D eigenvalue weighted by atomic mass is 9.80. The maximum Gasteiger partial charge on any atom is 0.348 e. The Kier molecular flexibility index (Phi) is 15.5. The Morgan fingerprint density at radius 3 is 1.88 bits per heavy atom. The van der Waals surface area contributed by atoms with Crippen molar-refractivity contribution in [1.82, 2.24) is 0 Å². The number of hydrogen-bond acceptors (Lipinski definition) is 10. The van der Waals surface area contributed by atoms with E-state index < -0.39 is 34.1 Å². The molecule has 268 valence electrons. The zero-order valence-corrected chi connectivity index (χ0v) is 29.4. The summed E-state index contributed by atoms with van der Waals surface area (Å²) in [6.07, 6.45) is 17.0. The second kappa shape index (κ2) is 19.2. The number of ether oxygens (including phenoxy) is 3. The van der Waals surface area contributed by atoms with Crippen molar-refractivity contribution < 1.29 is 38.6 Å². The van der Waals surface area contributed by atoms with E-state index in [4.69, 9.17) is 14.2 Å². The summed E-state index contributed by atoms with van der Waals surface area (Å²) in [4.78, 5) is 50.4. The molecule has 0 heterocycles. The average molecular weight is 681 g/mol. The smallest absolute Gasteiger partial charge is 0.348 e. The van der Waals surface area contributed by atoms with E-state index in [-0.39, 0.29) is 41.1 Å². The zero-order valence-electron chi connectivity index (χ0n) is 29.4.